The average Bonchev–Trinajstić information content (AvgIpc) is 2.70. The molecule has 0 saturated heterocycles. The molecule has 92 valence electrons. The number of aromatic nitrogens is 1. The summed E-state index contributed by atoms with van der Waals surface area (Å²) in [7, 11) is 1.73. The zero-order valence-electron chi connectivity index (χ0n) is 10.6. The van der Waals surface area contributed by atoms with Gasteiger partial charge in [0.15, 0.2) is 6.39 Å². The summed E-state index contributed by atoms with van der Waals surface area (Å²) in [5.41, 5.74) is 1.01. The monoisotopic (exact) mass is 226 g/mol. The third-order valence-electron chi connectivity index (χ3n) is 2.58. The Kier molecular flexibility index (Phi) is 5.49. The van der Waals surface area contributed by atoms with Crippen LogP contribution in [-0.4, -0.2) is 24.2 Å². The second-order valence-corrected chi connectivity index (χ2v) is 4.34. The van der Waals surface area contributed by atoms with E-state index >= 15 is 0 Å². The Labute approximate surface area is 97.4 Å². The fraction of sp³-hybridized carbons (Fsp3) is 0.750. The molecule has 0 saturated carbocycles. The normalized spacial score (nSPS) is 13.3. The molecule has 1 aromatic rings. The molecule has 16 heavy (non-hydrogen) atoms. The van der Waals surface area contributed by atoms with Crippen LogP contribution in [0.25, 0.3) is 0 Å². The Bertz CT molecular complexity index is 297. The first kappa shape index (κ1) is 13.2. The molecular formula is C12H22N2O2. The van der Waals surface area contributed by atoms with E-state index in [0.717, 1.165) is 30.8 Å². The van der Waals surface area contributed by atoms with Crippen LogP contribution in [0.2, 0.25) is 0 Å². The van der Waals surface area contributed by atoms with E-state index in [1.54, 1.807) is 7.11 Å². The van der Waals surface area contributed by atoms with E-state index in [-0.39, 0.29) is 6.10 Å². The second-order valence-electron chi connectivity index (χ2n) is 4.34. The largest absolute Gasteiger partial charge is 0.448 e. The van der Waals surface area contributed by atoms with Crippen LogP contribution in [0.5, 0.6) is 0 Å². The first-order valence-corrected chi connectivity index (χ1v) is 5.81. The van der Waals surface area contributed by atoms with Crippen molar-refractivity contribution in [2.75, 3.05) is 7.11 Å². The van der Waals surface area contributed by atoms with Crippen molar-refractivity contribution in [1.29, 1.82) is 0 Å². The van der Waals surface area contributed by atoms with E-state index in [9.17, 15) is 0 Å². The van der Waals surface area contributed by atoms with Crippen molar-refractivity contribution in [3.05, 3.63) is 17.8 Å². The highest BCUT2D eigenvalue weighted by atomic mass is 16.5. The fourth-order valence-electron chi connectivity index (χ4n) is 1.39. The fourth-order valence-corrected chi connectivity index (χ4v) is 1.39. The first-order valence-electron chi connectivity index (χ1n) is 5.81. The molecular weight excluding hydrogens is 204 g/mol. The van der Waals surface area contributed by atoms with Crippen LogP contribution in [0.4, 0.5) is 0 Å². The van der Waals surface area contributed by atoms with Crippen molar-refractivity contribution in [3.63, 3.8) is 0 Å². The third-order valence-corrected chi connectivity index (χ3v) is 2.58. The molecule has 0 fully saturated rings. The van der Waals surface area contributed by atoms with Crippen molar-refractivity contribution in [2.45, 2.75) is 52.3 Å². The van der Waals surface area contributed by atoms with Crippen LogP contribution in [-0.2, 0) is 17.7 Å². The highest BCUT2D eigenvalue weighted by molar-refractivity contribution is 5.07. The molecule has 1 atom stereocenters. The highest BCUT2D eigenvalue weighted by Crippen LogP contribution is 2.11. The van der Waals surface area contributed by atoms with Crippen LogP contribution in [0.15, 0.2) is 10.8 Å². The van der Waals surface area contributed by atoms with Gasteiger partial charge in [-0.25, -0.2) is 4.98 Å². The van der Waals surface area contributed by atoms with Crippen LogP contribution < -0.4 is 5.32 Å². The van der Waals surface area contributed by atoms with Crippen LogP contribution in [0.1, 0.15) is 38.6 Å². The van der Waals surface area contributed by atoms with Crippen molar-refractivity contribution in [2.24, 2.45) is 0 Å². The SMILES string of the molecule is COC(C)CCc1ocnc1CNC(C)C. The number of nitrogens with one attached hydrogen (secondary N) is 1. The quantitative estimate of drug-likeness (QED) is 0.773. The molecule has 0 radical (unpaired) electrons. The zero-order valence-corrected chi connectivity index (χ0v) is 10.6. The van der Waals surface area contributed by atoms with Gasteiger partial charge in [0.1, 0.15) is 5.76 Å². The lowest BCUT2D eigenvalue weighted by Crippen LogP contribution is -2.22. The Morgan fingerprint density at radius 2 is 2.19 bits per heavy atom. The summed E-state index contributed by atoms with van der Waals surface area (Å²) in [4.78, 5) is 4.22. The maximum atomic E-state index is 5.39. The predicted octanol–water partition coefficient (Wildman–Crippen LogP) is 2.14. The van der Waals surface area contributed by atoms with Gasteiger partial charge in [-0.15, -0.1) is 0 Å². The van der Waals surface area contributed by atoms with Crippen molar-refractivity contribution >= 4 is 0 Å². The first-order chi connectivity index (χ1) is 7.63. The van der Waals surface area contributed by atoms with Gasteiger partial charge in [-0.05, 0) is 13.3 Å². The van der Waals surface area contributed by atoms with Gasteiger partial charge in [0.05, 0.1) is 11.8 Å². The zero-order chi connectivity index (χ0) is 12.0. The molecule has 4 nitrogen and oxygen atoms in total. The Hall–Kier alpha value is -0.870. The highest BCUT2D eigenvalue weighted by Gasteiger charge is 2.10. The maximum Gasteiger partial charge on any atom is 0.181 e. The van der Waals surface area contributed by atoms with Gasteiger partial charge in [-0.2, -0.15) is 0 Å². The smallest absolute Gasteiger partial charge is 0.181 e. The van der Waals surface area contributed by atoms with Gasteiger partial charge in [0.2, 0.25) is 0 Å². The van der Waals surface area contributed by atoms with Crippen molar-refractivity contribution in [3.8, 4) is 0 Å². The van der Waals surface area contributed by atoms with Gasteiger partial charge in [-0.3, -0.25) is 0 Å². The van der Waals surface area contributed by atoms with E-state index in [0.29, 0.717) is 6.04 Å². The molecule has 1 unspecified atom stereocenters. The van der Waals surface area contributed by atoms with E-state index < -0.39 is 0 Å². The molecule has 1 heterocycles. The Morgan fingerprint density at radius 1 is 1.44 bits per heavy atom. The predicted molar refractivity (Wildman–Crippen MR) is 63.3 cm³/mol. The van der Waals surface area contributed by atoms with Gasteiger partial charge in [0, 0.05) is 26.1 Å². The molecule has 1 N–H and O–H groups in total. The lowest BCUT2D eigenvalue weighted by molar-refractivity contribution is 0.110. The topological polar surface area (TPSA) is 47.3 Å². The second kappa shape index (κ2) is 6.66. The van der Waals surface area contributed by atoms with Crippen molar-refractivity contribution in [1.82, 2.24) is 10.3 Å². The molecule has 1 aromatic heterocycles. The minimum Gasteiger partial charge on any atom is -0.448 e. The third kappa shape index (κ3) is 4.33. The van der Waals surface area contributed by atoms with Gasteiger partial charge < -0.3 is 14.5 Å². The summed E-state index contributed by atoms with van der Waals surface area (Å²) in [6.07, 6.45) is 3.62. The number of oxazole rings is 1. The number of nitrogens with zero attached hydrogens (tertiary/aromatic N) is 1. The molecule has 0 bridgehead atoms. The molecule has 0 amide bonds. The van der Waals surface area contributed by atoms with Crippen LogP contribution >= 0.6 is 0 Å². The summed E-state index contributed by atoms with van der Waals surface area (Å²) in [5, 5.41) is 3.34. The molecule has 1 rings (SSSR count). The molecule has 0 spiro atoms. The molecule has 4 heteroatoms. The number of hydrogen-bond donors (Lipinski definition) is 1. The van der Waals surface area contributed by atoms with E-state index in [1.807, 2.05) is 0 Å². The average molecular weight is 226 g/mol. The van der Waals surface area contributed by atoms with E-state index in [4.69, 9.17) is 9.15 Å². The number of hydrogen-bond acceptors (Lipinski definition) is 4. The number of methoxy groups -OCH3 is 1. The van der Waals surface area contributed by atoms with E-state index in [1.165, 1.54) is 6.39 Å². The van der Waals surface area contributed by atoms with Gasteiger partial charge in [-0.1, -0.05) is 13.8 Å². The lowest BCUT2D eigenvalue weighted by Gasteiger charge is -2.09. The number of aryl methyl sites for hydroxylation is 1. The summed E-state index contributed by atoms with van der Waals surface area (Å²) < 4.78 is 10.6. The summed E-state index contributed by atoms with van der Waals surface area (Å²) >= 11 is 0. The summed E-state index contributed by atoms with van der Waals surface area (Å²) in [5.74, 6) is 0.969. The maximum absolute atomic E-state index is 5.39. The lowest BCUT2D eigenvalue weighted by atomic mass is 10.1. The van der Waals surface area contributed by atoms with Gasteiger partial charge >= 0.3 is 0 Å². The molecule has 0 aromatic carbocycles. The molecule has 0 aliphatic rings. The molecule has 0 aliphatic heterocycles. The Morgan fingerprint density at radius 3 is 2.81 bits per heavy atom. The van der Waals surface area contributed by atoms with Crippen molar-refractivity contribution < 1.29 is 9.15 Å². The summed E-state index contributed by atoms with van der Waals surface area (Å²) in [6.45, 7) is 7.06. The Balaban J connectivity index is 2.43. The summed E-state index contributed by atoms with van der Waals surface area (Å²) in [6, 6.07) is 0.461. The minimum absolute atomic E-state index is 0.260. The standard InChI is InChI=1S/C12H22N2O2/c1-9(2)13-7-11-12(16-8-14-11)6-5-10(3)15-4/h8-10,13H,5-7H2,1-4H3. The number of ether oxygens (including phenoxy) is 1. The molecule has 0 aliphatic carbocycles. The number of rotatable bonds is 7. The van der Waals surface area contributed by atoms with Crippen LogP contribution in [0.3, 0.4) is 0 Å². The van der Waals surface area contributed by atoms with Crippen LogP contribution in [0, 0.1) is 0 Å². The van der Waals surface area contributed by atoms with E-state index in [2.05, 4.69) is 31.1 Å². The van der Waals surface area contributed by atoms with Gasteiger partial charge in [0.25, 0.3) is 0 Å². The minimum atomic E-state index is 0.260.